The van der Waals surface area contributed by atoms with E-state index >= 15 is 0 Å². The van der Waals surface area contributed by atoms with Crippen LogP contribution in [0.15, 0.2) is 0 Å². The molecule has 0 amide bonds. The lowest BCUT2D eigenvalue weighted by Gasteiger charge is -2.02. The van der Waals surface area contributed by atoms with Crippen molar-refractivity contribution < 1.29 is 9.53 Å². The van der Waals surface area contributed by atoms with E-state index in [2.05, 4.69) is 14.7 Å². The minimum atomic E-state index is -0.680. The molecule has 0 unspecified atom stereocenters. The number of nitriles is 2. The summed E-state index contributed by atoms with van der Waals surface area (Å²) in [4.78, 5) is 18.7. The van der Waals surface area contributed by atoms with Gasteiger partial charge in [-0.3, -0.25) is 0 Å². The fraction of sp³-hybridized carbons (Fsp3) is 0.222. The van der Waals surface area contributed by atoms with E-state index in [4.69, 9.17) is 10.5 Å². The normalized spacial score (nSPS) is 8.80. The Labute approximate surface area is 85.8 Å². The van der Waals surface area contributed by atoms with E-state index in [9.17, 15) is 4.79 Å². The second kappa shape index (κ2) is 4.16. The third-order valence-corrected chi connectivity index (χ3v) is 1.66. The molecule has 0 saturated heterocycles. The standard InChI is InChI=1S/C9H6N4O2/c1-5-8(9(14)15-2)13-7(4-11)6(3-10)12-5/h1-2H3. The number of carbonyl (C=O) groups is 1. The van der Waals surface area contributed by atoms with E-state index in [1.165, 1.54) is 14.0 Å². The van der Waals surface area contributed by atoms with Gasteiger partial charge < -0.3 is 4.74 Å². The lowest BCUT2D eigenvalue weighted by Crippen LogP contribution is -2.11. The molecule has 0 aliphatic rings. The van der Waals surface area contributed by atoms with Crippen LogP contribution in [0, 0.1) is 29.6 Å². The van der Waals surface area contributed by atoms with Gasteiger partial charge in [-0.15, -0.1) is 0 Å². The van der Waals surface area contributed by atoms with E-state index in [0.717, 1.165) is 0 Å². The number of esters is 1. The SMILES string of the molecule is COC(=O)c1nc(C#N)c(C#N)nc1C. The summed E-state index contributed by atoms with van der Waals surface area (Å²) in [6.45, 7) is 1.52. The number of aromatic nitrogens is 2. The number of rotatable bonds is 1. The lowest BCUT2D eigenvalue weighted by molar-refractivity contribution is 0.0592. The molecular formula is C9H6N4O2. The largest absolute Gasteiger partial charge is 0.464 e. The van der Waals surface area contributed by atoms with E-state index < -0.39 is 5.97 Å². The molecule has 1 aromatic heterocycles. The van der Waals surface area contributed by atoms with E-state index in [0.29, 0.717) is 0 Å². The van der Waals surface area contributed by atoms with Crippen molar-refractivity contribution in [3.8, 4) is 12.1 Å². The molecule has 0 aromatic carbocycles. The molecule has 0 N–H and O–H groups in total. The van der Waals surface area contributed by atoms with Crippen LogP contribution in [-0.2, 0) is 4.74 Å². The summed E-state index contributed by atoms with van der Waals surface area (Å²) in [5, 5.41) is 17.3. The summed E-state index contributed by atoms with van der Waals surface area (Å²) < 4.78 is 4.46. The van der Waals surface area contributed by atoms with Crippen LogP contribution in [-0.4, -0.2) is 23.0 Å². The monoisotopic (exact) mass is 202 g/mol. The Kier molecular flexibility index (Phi) is 2.94. The predicted octanol–water partition coefficient (Wildman–Crippen LogP) is 0.315. The molecule has 0 fully saturated rings. The van der Waals surface area contributed by atoms with Gasteiger partial charge in [0.05, 0.1) is 12.8 Å². The van der Waals surface area contributed by atoms with Gasteiger partial charge in [0.15, 0.2) is 17.1 Å². The maximum atomic E-state index is 11.2. The van der Waals surface area contributed by atoms with Crippen molar-refractivity contribution >= 4 is 5.97 Å². The molecule has 6 nitrogen and oxygen atoms in total. The minimum absolute atomic E-state index is 0.0481. The maximum absolute atomic E-state index is 11.2. The van der Waals surface area contributed by atoms with Gasteiger partial charge in [-0.25, -0.2) is 14.8 Å². The van der Waals surface area contributed by atoms with Crippen LogP contribution in [0.1, 0.15) is 27.6 Å². The van der Waals surface area contributed by atoms with Crippen LogP contribution in [0.4, 0.5) is 0 Å². The highest BCUT2D eigenvalue weighted by Crippen LogP contribution is 2.08. The number of ether oxygens (including phenoxy) is 1. The van der Waals surface area contributed by atoms with Crippen molar-refractivity contribution in [1.82, 2.24) is 9.97 Å². The summed E-state index contributed by atoms with van der Waals surface area (Å²) in [6, 6.07) is 3.41. The average Bonchev–Trinajstić information content (AvgIpc) is 2.27. The molecule has 0 aliphatic carbocycles. The van der Waals surface area contributed by atoms with Crippen LogP contribution in [0.3, 0.4) is 0 Å². The van der Waals surface area contributed by atoms with Gasteiger partial charge in [-0.1, -0.05) is 0 Å². The second-order valence-corrected chi connectivity index (χ2v) is 2.57. The molecule has 1 aromatic rings. The molecule has 0 saturated carbocycles. The van der Waals surface area contributed by atoms with Crippen molar-refractivity contribution in [2.75, 3.05) is 7.11 Å². The van der Waals surface area contributed by atoms with Crippen LogP contribution in [0.25, 0.3) is 0 Å². The van der Waals surface area contributed by atoms with Crippen LogP contribution in [0.2, 0.25) is 0 Å². The molecule has 1 rings (SSSR count). The Hall–Kier alpha value is -2.47. The smallest absolute Gasteiger partial charge is 0.358 e. The molecule has 0 aliphatic heterocycles. The van der Waals surface area contributed by atoms with Gasteiger partial charge in [0.25, 0.3) is 0 Å². The maximum Gasteiger partial charge on any atom is 0.358 e. The summed E-state index contributed by atoms with van der Waals surface area (Å²) in [6.07, 6.45) is 0. The lowest BCUT2D eigenvalue weighted by atomic mass is 10.2. The van der Waals surface area contributed by atoms with Crippen molar-refractivity contribution in [3.05, 3.63) is 22.8 Å². The summed E-state index contributed by atoms with van der Waals surface area (Å²) in [5.41, 5.74) is -0.0587. The van der Waals surface area contributed by atoms with Gasteiger partial charge in [-0.05, 0) is 6.92 Å². The fourth-order valence-corrected chi connectivity index (χ4v) is 0.965. The van der Waals surface area contributed by atoms with Crippen LogP contribution in [0.5, 0.6) is 0 Å². The first-order valence-corrected chi connectivity index (χ1v) is 3.91. The molecule has 0 spiro atoms. The molecular weight excluding hydrogens is 196 g/mol. The number of nitrogens with zero attached hydrogens (tertiary/aromatic N) is 4. The molecule has 0 bridgehead atoms. The zero-order valence-electron chi connectivity index (χ0n) is 8.11. The first-order chi connectivity index (χ1) is 7.13. The van der Waals surface area contributed by atoms with Gasteiger partial charge in [0, 0.05) is 0 Å². The molecule has 0 atom stereocenters. The zero-order valence-corrected chi connectivity index (χ0v) is 8.11. The molecule has 15 heavy (non-hydrogen) atoms. The van der Waals surface area contributed by atoms with Crippen LogP contribution < -0.4 is 0 Å². The van der Waals surface area contributed by atoms with Crippen molar-refractivity contribution in [2.45, 2.75) is 6.92 Å². The third-order valence-electron chi connectivity index (χ3n) is 1.66. The molecule has 0 radical (unpaired) electrons. The molecule has 6 heteroatoms. The second-order valence-electron chi connectivity index (χ2n) is 2.57. The first kappa shape index (κ1) is 10.6. The fourth-order valence-electron chi connectivity index (χ4n) is 0.965. The highest BCUT2D eigenvalue weighted by Gasteiger charge is 2.16. The van der Waals surface area contributed by atoms with Gasteiger partial charge >= 0.3 is 5.97 Å². The number of methoxy groups -OCH3 is 1. The van der Waals surface area contributed by atoms with E-state index in [-0.39, 0.29) is 22.8 Å². The summed E-state index contributed by atoms with van der Waals surface area (Å²) in [7, 11) is 1.20. The Morgan fingerprint density at radius 3 is 2.27 bits per heavy atom. The van der Waals surface area contributed by atoms with E-state index in [1.807, 2.05) is 0 Å². The van der Waals surface area contributed by atoms with Gasteiger partial charge in [0.2, 0.25) is 0 Å². The van der Waals surface area contributed by atoms with Crippen molar-refractivity contribution in [3.63, 3.8) is 0 Å². The molecule has 74 valence electrons. The number of carbonyl (C=O) groups excluding carboxylic acids is 1. The number of hydrogen-bond acceptors (Lipinski definition) is 6. The summed E-state index contributed by atoms with van der Waals surface area (Å²) >= 11 is 0. The highest BCUT2D eigenvalue weighted by molar-refractivity contribution is 5.88. The van der Waals surface area contributed by atoms with E-state index in [1.54, 1.807) is 12.1 Å². The van der Waals surface area contributed by atoms with Crippen molar-refractivity contribution in [1.29, 1.82) is 10.5 Å². The van der Waals surface area contributed by atoms with Gasteiger partial charge in [0.1, 0.15) is 12.1 Å². The average molecular weight is 202 g/mol. The summed E-state index contributed by atoms with van der Waals surface area (Å²) in [5.74, 6) is -0.680. The topological polar surface area (TPSA) is 99.7 Å². The zero-order chi connectivity index (χ0) is 11.4. The predicted molar refractivity (Wildman–Crippen MR) is 47.5 cm³/mol. The Morgan fingerprint density at radius 1 is 1.27 bits per heavy atom. The third kappa shape index (κ3) is 1.89. The number of aryl methyl sites for hydroxylation is 1. The van der Waals surface area contributed by atoms with Crippen molar-refractivity contribution in [2.24, 2.45) is 0 Å². The molecule has 1 heterocycles. The highest BCUT2D eigenvalue weighted by atomic mass is 16.5. The van der Waals surface area contributed by atoms with Gasteiger partial charge in [-0.2, -0.15) is 10.5 Å². The Morgan fingerprint density at radius 2 is 1.80 bits per heavy atom. The Balaban J connectivity index is 3.42. The first-order valence-electron chi connectivity index (χ1n) is 3.91. The minimum Gasteiger partial charge on any atom is -0.464 e. The number of hydrogen-bond donors (Lipinski definition) is 0. The Bertz CT molecular complexity index is 496. The van der Waals surface area contributed by atoms with Crippen LogP contribution >= 0.6 is 0 Å². The quantitative estimate of drug-likeness (QED) is 0.607.